The van der Waals surface area contributed by atoms with E-state index in [1.165, 1.54) is 6.07 Å². The molecule has 1 aliphatic heterocycles. The van der Waals surface area contributed by atoms with Gasteiger partial charge in [-0.3, -0.25) is 4.79 Å². The molecule has 1 aromatic rings. The highest BCUT2D eigenvalue weighted by Crippen LogP contribution is 2.37. The molecule has 4 heteroatoms. The van der Waals surface area contributed by atoms with Crippen LogP contribution in [0.25, 0.3) is 0 Å². The molecule has 0 aromatic heterocycles. The second-order valence-corrected chi connectivity index (χ2v) is 6.37. The number of rotatable bonds is 3. The van der Waals surface area contributed by atoms with Gasteiger partial charge in [0.15, 0.2) is 0 Å². The van der Waals surface area contributed by atoms with Gasteiger partial charge in [0.1, 0.15) is 5.82 Å². The molecule has 0 spiro atoms. The molecule has 2 aliphatic rings. The van der Waals surface area contributed by atoms with Gasteiger partial charge in [-0.15, -0.1) is 0 Å². The van der Waals surface area contributed by atoms with Gasteiger partial charge >= 0.3 is 0 Å². The predicted molar refractivity (Wildman–Crippen MR) is 80.6 cm³/mol. The Kier molecular flexibility index (Phi) is 4.24. The van der Waals surface area contributed by atoms with Crippen LogP contribution in [-0.4, -0.2) is 36.0 Å². The number of nitrogens with zero attached hydrogens (tertiary/aromatic N) is 1. The number of hydrogen-bond acceptors (Lipinski definition) is 2. The molecule has 1 N–H and O–H groups in total. The summed E-state index contributed by atoms with van der Waals surface area (Å²) < 4.78 is 13.2. The molecule has 1 heterocycles. The van der Waals surface area contributed by atoms with Gasteiger partial charge in [-0.1, -0.05) is 12.1 Å². The van der Waals surface area contributed by atoms with E-state index in [9.17, 15) is 9.18 Å². The van der Waals surface area contributed by atoms with Crippen molar-refractivity contribution in [1.29, 1.82) is 0 Å². The molecule has 1 aromatic carbocycles. The van der Waals surface area contributed by atoms with E-state index in [2.05, 4.69) is 5.32 Å². The normalized spacial score (nSPS) is 26.5. The van der Waals surface area contributed by atoms with Crippen LogP contribution in [0.5, 0.6) is 0 Å². The summed E-state index contributed by atoms with van der Waals surface area (Å²) in [4.78, 5) is 13.2. The zero-order valence-electron chi connectivity index (χ0n) is 12.5. The molecule has 0 bridgehead atoms. The zero-order valence-corrected chi connectivity index (χ0v) is 12.5. The lowest BCUT2D eigenvalue weighted by Gasteiger charge is -2.41. The van der Waals surface area contributed by atoms with Gasteiger partial charge in [0.05, 0.1) is 0 Å². The van der Waals surface area contributed by atoms with Crippen LogP contribution >= 0.6 is 0 Å². The van der Waals surface area contributed by atoms with Gasteiger partial charge in [-0.25, -0.2) is 4.39 Å². The molecule has 0 radical (unpaired) electrons. The Morgan fingerprint density at radius 2 is 1.95 bits per heavy atom. The monoisotopic (exact) mass is 290 g/mol. The maximum Gasteiger partial charge on any atom is 0.219 e. The highest BCUT2D eigenvalue weighted by molar-refractivity contribution is 5.73. The third-order valence-corrected chi connectivity index (χ3v) is 4.87. The van der Waals surface area contributed by atoms with Crippen molar-refractivity contribution in [2.75, 3.05) is 13.1 Å². The van der Waals surface area contributed by atoms with Crippen molar-refractivity contribution in [3.63, 3.8) is 0 Å². The molecule has 114 valence electrons. The Morgan fingerprint density at radius 1 is 1.24 bits per heavy atom. The van der Waals surface area contributed by atoms with Crippen LogP contribution < -0.4 is 5.32 Å². The second kappa shape index (κ2) is 6.14. The Bertz CT molecular complexity index is 505. The number of halogens is 1. The molecular formula is C17H23FN2O. The molecule has 1 saturated carbocycles. The first-order valence-electron chi connectivity index (χ1n) is 7.89. The van der Waals surface area contributed by atoms with Crippen LogP contribution in [0.15, 0.2) is 24.3 Å². The molecule has 3 rings (SSSR count). The summed E-state index contributed by atoms with van der Waals surface area (Å²) in [5.74, 6) is 0.541. The molecule has 2 fully saturated rings. The molecule has 1 aliphatic carbocycles. The highest BCUT2D eigenvalue weighted by atomic mass is 19.1. The fourth-order valence-corrected chi connectivity index (χ4v) is 3.48. The van der Waals surface area contributed by atoms with Crippen molar-refractivity contribution < 1.29 is 9.18 Å². The SMILES string of the molecule is CC(=O)N1CCC(NC2CC(c3cccc(F)c3)C2)CC1. The van der Waals surface area contributed by atoms with Crippen LogP contribution in [-0.2, 0) is 4.79 Å². The maximum absolute atomic E-state index is 13.2. The van der Waals surface area contributed by atoms with E-state index in [-0.39, 0.29) is 11.7 Å². The number of hydrogen-bond donors (Lipinski definition) is 1. The lowest BCUT2D eigenvalue weighted by molar-refractivity contribution is -0.129. The van der Waals surface area contributed by atoms with Crippen LogP contribution in [0.2, 0.25) is 0 Å². The molecule has 1 saturated heterocycles. The lowest BCUT2D eigenvalue weighted by atomic mass is 9.75. The summed E-state index contributed by atoms with van der Waals surface area (Å²) in [6, 6.07) is 8.05. The summed E-state index contributed by atoms with van der Waals surface area (Å²) in [6.07, 6.45) is 4.27. The first-order valence-corrected chi connectivity index (χ1v) is 7.89. The Balaban J connectivity index is 1.42. The second-order valence-electron chi connectivity index (χ2n) is 6.37. The molecular weight excluding hydrogens is 267 g/mol. The van der Waals surface area contributed by atoms with Crippen LogP contribution in [0.4, 0.5) is 4.39 Å². The van der Waals surface area contributed by atoms with Crippen molar-refractivity contribution in [2.45, 2.75) is 50.6 Å². The Hall–Kier alpha value is -1.42. The van der Waals surface area contributed by atoms with E-state index in [1.807, 2.05) is 11.0 Å². The van der Waals surface area contributed by atoms with E-state index in [4.69, 9.17) is 0 Å². The van der Waals surface area contributed by atoms with E-state index < -0.39 is 0 Å². The number of amides is 1. The van der Waals surface area contributed by atoms with E-state index >= 15 is 0 Å². The average molecular weight is 290 g/mol. The highest BCUT2D eigenvalue weighted by Gasteiger charge is 2.32. The number of piperidine rings is 1. The van der Waals surface area contributed by atoms with Gasteiger partial charge in [0.25, 0.3) is 0 Å². The topological polar surface area (TPSA) is 32.3 Å². The number of nitrogens with one attached hydrogen (secondary N) is 1. The zero-order chi connectivity index (χ0) is 14.8. The average Bonchev–Trinajstić information content (AvgIpc) is 2.43. The molecule has 0 atom stereocenters. The standard InChI is InChI=1S/C17H23FN2O/c1-12(21)20-7-5-16(6-8-20)19-17-10-14(11-17)13-3-2-4-15(18)9-13/h2-4,9,14,16-17,19H,5-8,10-11H2,1H3. The van der Waals surface area contributed by atoms with Crippen molar-refractivity contribution in [3.8, 4) is 0 Å². The van der Waals surface area contributed by atoms with Gasteiger partial charge in [0, 0.05) is 32.1 Å². The fraction of sp³-hybridized carbons (Fsp3) is 0.588. The predicted octanol–water partition coefficient (Wildman–Crippen LogP) is 2.67. The first-order chi connectivity index (χ1) is 10.1. The summed E-state index contributed by atoms with van der Waals surface area (Å²) in [5, 5.41) is 3.70. The molecule has 0 unspecified atom stereocenters. The number of likely N-dealkylation sites (tertiary alicyclic amines) is 1. The summed E-state index contributed by atoms with van der Waals surface area (Å²) in [5.41, 5.74) is 1.12. The number of carbonyl (C=O) groups excluding carboxylic acids is 1. The Labute approximate surface area is 125 Å². The van der Waals surface area contributed by atoms with E-state index in [0.29, 0.717) is 18.0 Å². The van der Waals surface area contributed by atoms with E-state index in [0.717, 1.165) is 44.3 Å². The van der Waals surface area contributed by atoms with Crippen LogP contribution in [0, 0.1) is 5.82 Å². The van der Waals surface area contributed by atoms with Crippen molar-refractivity contribution in [1.82, 2.24) is 10.2 Å². The quantitative estimate of drug-likeness (QED) is 0.928. The smallest absolute Gasteiger partial charge is 0.219 e. The fourth-order valence-electron chi connectivity index (χ4n) is 3.48. The first kappa shape index (κ1) is 14.5. The van der Waals surface area contributed by atoms with E-state index in [1.54, 1.807) is 19.1 Å². The minimum Gasteiger partial charge on any atom is -0.343 e. The van der Waals surface area contributed by atoms with Gasteiger partial charge in [-0.2, -0.15) is 0 Å². The third kappa shape index (κ3) is 3.43. The van der Waals surface area contributed by atoms with Gasteiger partial charge < -0.3 is 10.2 Å². The maximum atomic E-state index is 13.2. The molecule has 3 nitrogen and oxygen atoms in total. The van der Waals surface area contributed by atoms with Crippen LogP contribution in [0.1, 0.15) is 44.1 Å². The van der Waals surface area contributed by atoms with Crippen LogP contribution in [0.3, 0.4) is 0 Å². The number of benzene rings is 1. The number of carbonyl (C=O) groups is 1. The van der Waals surface area contributed by atoms with Gasteiger partial charge in [-0.05, 0) is 49.3 Å². The van der Waals surface area contributed by atoms with Crippen molar-refractivity contribution in [3.05, 3.63) is 35.6 Å². The minimum atomic E-state index is -0.138. The van der Waals surface area contributed by atoms with Gasteiger partial charge in [0.2, 0.25) is 5.91 Å². The lowest BCUT2D eigenvalue weighted by Crippen LogP contribution is -2.50. The van der Waals surface area contributed by atoms with Crippen molar-refractivity contribution in [2.24, 2.45) is 0 Å². The minimum absolute atomic E-state index is 0.138. The molecule has 21 heavy (non-hydrogen) atoms. The largest absolute Gasteiger partial charge is 0.343 e. The van der Waals surface area contributed by atoms with Crippen molar-refractivity contribution >= 4 is 5.91 Å². The Morgan fingerprint density at radius 3 is 2.57 bits per heavy atom. The third-order valence-electron chi connectivity index (χ3n) is 4.87. The summed E-state index contributed by atoms with van der Waals surface area (Å²) in [6.45, 7) is 3.38. The summed E-state index contributed by atoms with van der Waals surface area (Å²) in [7, 11) is 0. The summed E-state index contributed by atoms with van der Waals surface area (Å²) >= 11 is 0. The molecule has 1 amide bonds.